The summed E-state index contributed by atoms with van der Waals surface area (Å²) in [5.74, 6) is 0. The molecule has 0 aromatic carbocycles. The molecular formula is C8H16N2O2S. The minimum atomic E-state index is -3.16. The van der Waals surface area contributed by atoms with Gasteiger partial charge in [0.25, 0.3) is 10.2 Å². The molecule has 0 aromatic rings. The summed E-state index contributed by atoms with van der Waals surface area (Å²) in [5, 5.41) is 0. The summed E-state index contributed by atoms with van der Waals surface area (Å²) >= 11 is 0. The third-order valence-corrected chi connectivity index (χ3v) is 4.78. The highest BCUT2D eigenvalue weighted by molar-refractivity contribution is 7.87. The second-order valence-corrected chi connectivity index (χ2v) is 5.94. The van der Waals surface area contributed by atoms with Gasteiger partial charge in [0.15, 0.2) is 0 Å². The average molecular weight is 204 g/mol. The SMILES string of the molecule is CC1(NS(=O)(=O)N2CCC2)CCC1. The molecule has 1 aliphatic heterocycles. The van der Waals surface area contributed by atoms with Gasteiger partial charge in [0.2, 0.25) is 0 Å². The summed E-state index contributed by atoms with van der Waals surface area (Å²) in [5.41, 5.74) is -0.158. The summed E-state index contributed by atoms with van der Waals surface area (Å²) in [6, 6.07) is 0. The van der Waals surface area contributed by atoms with E-state index in [2.05, 4.69) is 4.72 Å². The van der Waals surface area contributed by atoms with E-state index in [0.29, 0.717) is 13.1 Å². The van der Waals surface area contributed by atoms with Crippen molar-refractivity contribution in [2.45, 2.75) is 38.1 Å². The molecule has 2 rings (SSSR count). The van der Waals surface area contributed by atoms with Crippen LogP contribution in [0.3, 0.4) is 0 Å². The van der Waals surface area contributed by atoms with Gasteiger partial charge in [-0.25, -0.2) is 0 Å². The van der Waals surface area contributed by atoms with Crippen LogP contribution in [-0.2, 0) is 10.2 Å². The number of nitrogens with one attached hydrogen (secondary N) is 1. The van der Waals surface area contributed by atoms with Crippen molar-refractivity contribution < 1.29 is 8.42 Å². The lowest BCUT2D eigenvalue weighted by atomic mass is 9.80. The number of hydrogen-bond acceptors (Lipinski definition) is 2. The molecular weight excluding hydrogens is 188 g/mol. The Morgan fingerprint density at radius 3 is 2.15 bits per heavy atom. The van der Waals surface area contributed by atoms with E-state index in [1.807, 2.05) is 6.92 Å². The maximum atomic E-state index is 11.6. The fraction of sp³-hybridized carbons (Fsp3) is 1.00. The van der Waals surface area contributed by atoms with Crippen LogP contribution in [0.25, 0.3) is 0 Å². The zero-order valence-corrected chi connectivity index (χ0v) is 8.73. The quantitative estimate of drug-likeness (QED) is 0.726. The van der Waals surface area contributed by atoms with Gasteiger partial charge < -0.3 is 0 Å². The normalized spacial score (nSPS) is 27.8. The molecule has 5 heteroatoms. The standard InChI is InChI=1S/C8H16N2O2S/c1-8(4-2-5-8)9-13(11,12)10-6-3-7-10/h9H,2-7H2,1H3. The summed E-state index contributed by atoms with van der Waals surface area (Å²) in [6.07, 6.45) is 4.08. The lowest BCUT2D eigenvalue weighted by Crippen LogP contribution is -2.57. The summed E-state index contributed by atoms with van der Waals surface area (Å²) in [4.78, 5) is 0. The van der Waals surface area contributed by atoms with Gasteiger partial charge in [0, 0.05) is 18.6 Å². The van der Waals surface area contributed by atoms with Gasteiger partial charge in [0.1, 0.15) is 0 Å². The highest BCUT2D eigenvalue weighted by Gasteiger charge is 2.39. The Morgan fingerprint density at radius 2 is 1.85 bits per heavy atom. The van der Waals surface area contributed by atoms with Crippen LogP contribution in [0, 0.1) is 0 Å². The van der Waals surface area contributed by atoms with Crippen molar-refractivity contribution in [2.24, 2.45) is 0 Å². The van der Waals surface area contributed by atoms with E-state index in [1.165, 1.54) is 4.31 Å². The zero-order chi connectivity index (χ0) is 9.53. The Morgan fingerprint density at radius 1 is 1.23 bits per heavy atom. The van der Waals surface area contributed by atoms with E-state index in [4.69, 9.17) is 0 Å². The first-order valence-corrected chi connectivity index (χ1v) is 6.25. The van der Waals surface area contributed by atoms with Gasteiger partial charge in [-0.05, 0) is 32.6 Å². The third kappa shape index (κ3) is 1.73. The van der Waals surface area contributed by atoms with Gasteiger partial charge >= 0.3 is 0 Å². The average Bonchev–Trinajstić information content (AvgIpc) is 1.77. The predicted octanol–water partition coefficient (Wildman–Crippen LogP) is 0.469. The minimum Gasteiger partial charge on any atom is -0.196 e. The molecule has 1 N–H and O–H groups in total. The lowest BCUT2D eigenvalue weighted by molar-refractivity contribution is 0.230. The largest absolute Gasteiger partial charge is 0.279 e. The van der Waals surface area contributed by atoms with E-state index >= 15 is 0 Å². The molecule has 4 nitrogen and oxygen atoms in total. The van der Waals surface area contributed by atoms with Crippen LogP contribution < -0.4 is 4.72 Å². The molecule has 0 unspecified atom stereocenters. The molecule has 2 aliphatic rings. The second kappa shape index (κ2) is 2.93. The summed E-state index contributed by atoms with van der Waals surface area (Å²) < 4.78 is 27.6. The van der Waals surface area contributed by atoms with E-state index in [-0.39, 0.29) is 5.54 Å². The van der Waals surface area contributed by atoms with Gasteiger partial charge in [0.05, 0.1) is 0 Å². The molecule has 1 saturated heterocycles. The van der Waals surface area contributed by atoms with E-state index in [9.17, 15) is 8.42 Å². The fourth-order valence-electron chi connectivity index (χ4n) is 1.71. The highest BCUT2D eigenvalue weighted by Crippen LogP contribution is 2.32. The fourth-order valence-corrected chi connectivity index (χ4v) is 3.41. The molecule has 0 spiro atoms. The first-order chi connectivity index (χ1) is 6.02. The van der Waals surface area contributed by atoms with Gasteiger partial charge in [-0.1, -0.05) is 0 Å². The second-order valence-electron chi connectivity index (χ2n) is 4.27. The van der Waals surface area contributed by atoms with E-state index in [1.54, 1.807) is 0 Å². The van der Waals surface area contributed by atoms with Crippen molar-refractivity contribution >= 4 is 10.2 Å². The molecule has 0 aromatic heterocycles. The maximum Gasteiger partial charge on any atom is 0.279 e. The van der Waals surface area contributed by atoms with Gasteiger partial charge in [-0.15, -0.1) is 0 Å². The Kier molecular flexibility index (Phi) is 2.13. The van der Waals surface area contributed by atoms with Crippen LogP contribution in [-0.4, -0.2) is 31.4 Å². The lowest BCUT2D eigenvalue weighted by Gasteiger charge is -2.41. The number of nitrogens with zero attached hydrogens (tertiary/aromatic N) is 1. The van der Waals surface area contributed by atoms with Crippen LogP contribution in [0.4, 0.5) is 0 Å². The van der Waals surface area contributed by atoms with E-state index < -0.39 is 10.2 Å². The van der Waals surface area contributed by atoms with Crippen LogP contribution in [0.15, 0.2) is 0 Å². The summed E-state index contributed by atoms with van der Waals surface area (Å²) in [6.45, 7) is 3.35. The number of hydrogen-bond donors (Lipinski definition) is 1. The molecule has 1 saturated carbocycles. The molecule has 76 valence electrons. The highest BCUT2D eigenvalue weighted by atomic mass is 32.2. The van der Waals surface area contributed by atoms with Crippen LogP contribution in [0.1, 0.15) is 32.6 Å². The summed E-state index contributed by atoms with van der Waals surface area (Å²) in [7, 11) is -3.16. The molecule has 2 fully saturated rings. The predicted molar refractivity (Wildman–Crippen MR) is 50.5 cm³/mol. The van der Waals surface area contributed by atoms with Crippen LogP contribution in [0.5, 0.6) is 0 Å². The third-order valence-electron chi connectivity index (χ3n) is 2.99. The molecule has 1 aliphatic carbocycles. The van der Waals surface area contributed by atoms with Crippen molar-refractivity contribution in [1.29, 1.82) is 0 Å². The smallest absolute Gasteiger partial charge is 0.196 e. The maximum absolute atomic E-state index is 11.6. The molecule has 13 heavy (non-hydrogen) atoms. The zero-order valence-electron chi connectivity index (χ0n) is 7.91. The Labute approximate surface area is 79.5 Å². The Balaban J connectivity index is 1.99. The topological polar surface area (TPSA) is 49.4 Å². The first-order valence-electron chi connectivity index (χ1n) is 4.81. The van der Waals surface area contributed by atoms with Crippen LogP contribution in [0.2, 0.25) is 0 Å². The van der Waals surface area contributed by atoms with E-state index in [0.717, 1.165) is 25.7 Å². The van der Waals surface area contributed by atoms with Gasteiger partial charge in [-0.2, -0.15) is 17.4 Å². The minimum absolute atomic E-state index is 0.158. The van der Waals surface area contributed by atoms with Crippen molar-refractivity contribution in [1.82, 2.24) is 9.03 Å². The molecule has 0 bridgehead atoms. The van der Waals surface area contributed by atoms with Crippen molar-refractivity contribution in [3.8, 4) is 0 Å². The first kappa shape index (κ1) is 9.43. The molecule has 0 atom stereocenters. The van der Waals surface area contributed by atoms with Crippen LogP contribution >= 0.6 is 0 Å². The van der Waals surface area contributed by atoms with Crippen molar-refractivity contribution in [3.63, 3.8) is 0 Å². The number of rotatable bonds is 3. The molecule has 0 radical (unpaired) electrons. The van der Waals surface area contributed by atoms with Crippen molar-refractivity contribution in [3.05, 3.63) is 0 Å². The molecule has 0 amide bonds. The Bertz CT molecular complexity index is 291. The van der Waals surface area contributed by atoms with Crippen molar-refractivity contribution in [2.75, 3.05) is 13.1 Å². The monoisotopic (exact) mass is 204 g/mol. The van der Waals surface area contributed by atoms with Gasteiger partial charge in [-0.3, -0.25) is 0 Å². The Hall–Kier alpha value is -0.130. The molecule has 1 heterocycles.